The average molecular weight is 389 g/mol. The van der Waals surface area contributed by atoms with Gasteiger partial charge in [-0.3, -0.25) is 9.80 Å². The van der Waals surface area contributed by atoms with E-state index < -0.39 is 0 Å². The first-order valence-electron chi connectivity index (χ1n) is 7.72. The molecule has 0 spiro atoms. The van der Waals surface area contributed by atoms with Gasteiger partial charge in [0.25, 0.3) is 0 Å². The van der Waals surface area contributed by atoms with E-state index in [1.54, 1.807) is 0 Å². The normalized spacial score (nSPS) is 15.4. The van der Waals surface area contributed by atoms with Gasteiger partial charge >= 0.3 is 0 Å². The minimum absolute atomic E-state index is 0. The molecule has 1 saturated heterocycles. The predicted octanol–water partition coefficient (Wildman–Crippen LogP) is 4.08. The molecule has 2 aromatic rings. The van der Waals surface area contributed by atoms with E-state index in [1.165, 1.54) is 11.1 Å². The quantitative estimate of drug-likeness (QED) is 0.801. The fourth-order valence-corrected chi connectivity index (χ4v) is 3.16. The van der Waals surface area contributed by atoms with Gasteiger partial charge in [-0.05, 0) is 35.4 Å². The Morgan fingerprint density at radius 3 is 1.79 bits per heavy atom. The summed E-state index contributed by atoms with van der Waals surface area (Å²) in [6.07, 6.45) is 0. The van der Waals surface area contributed by atoms with Crippen LogP contribution in [0.3, 0.4) is 0 Å². The van der Waals surface area contributed by atoms with Gasteiger partial charge < -0.3 is 5.73 Å². The summed E-state index contributed by atoms with van der Waals surface area (Å²) in [4.78, 5) is 4.98. The maximum absolute atomic E-state index is 6.05. The van der Waals surface area contributed by atoms with E-state index in [0.29, 0.717) is 0 Å². The highest BCUT2D eigenvalue weighted by Crippen LogP contribution is 2.15. The molecule has 1 aliphatic rings. The maximum Gasteiger partial charge on any atom is 0.0409 e. The smallest absolute Gasteiger partial charge is 0.0409 e. The van der Waals surface area contributed by atoms with Gasteiger partial charge in [-0.1, -0.05) is 35.9 Å². The fourth-order valence-electron chi connectivity index (χ4n) is 2.95. The highest BCUT2D eigenvalue weighted by molar-refractivity contribution is 6.30. The molecule has 0 amide bonds. The summed E-state index contributed by atoms with van der Waals surface area (Å²) in [5.41, 5.74) is 9.27. The molecule has 132 valence electrons. The monoisotopic (exact) mass is 387 g/mol. The van der Waals surface area contributed by atoms with Crippen molar-refractivity contribution in [1.82, 2.24) is 9.80 Å². The minimum atomic E-state index is 0. The van der Waals surface area contributed by atoms with Gasteiger partial charge in [-0.15, -0.1) is 24.8 Å². The second kappa shape index (κ2) is 10.1. The van der Waals surface area contributed by atoms with Crippen LogP contribution in [-0.4, -0.2) is 36.0 Å². The van der Waals surface area contributed by atoms with Crippen molar-refractivity contribution in [1.29, 1.82) is 0 Å². The maximum atomic E-state index is 6.05. The molecule has 1 fully saturated rings. The number of nitrogens with zero attached hydrogens (tertiary/aromatic N) is 2. The van der Waals surface area contributed by atoms with Crippen LogP contribution in [0, 0.1) is 0 Å². The van der Waals surface area contributed by atoms with Gasteiger partial charge in [0, 0.05) is 50.0 Å². The zero-order valence-corrected chi connectivity index (χ0v) is 15.9. The molecule has 2 aromatic carbocycles. The lowest BCUT2D eigenvalue weighted by Gasteiger charge is -2.34. The predicted molar refractivity (Wildman–Crippen MR) is 107 cm³/mol. The van der Waals surface area contributed by atoms with Crippen LogP contribution in [-0.2, 0) is 13.1 Å². The standard InChI is InChI=1S/C18H22ClN3.2ClH/c19-17-5-1-3-15(11-17)13-21-7-9-22(10-8-21)14-16-4-2-6-18(20)12-16;;/h1-6,11-12H,7-10,13-14,20H2;2*1H. The number of nitrogens with two attached hydrogens (primary N) is 1. The Balaban J connectivity index is 0.00000144. The Labute approximate surface area is 161 Å². The van der Waals surface area contributed by atoms with Gasteiger partial charge in [0.2, 0.25) is 0 Å². The molecule has 2 N–H and O–H groups in total. The SMILES string of the molecule is Cl.Cl.Nc1cccc(CN2CCN(Cc3cccc(Cl)c3)CC2)c1. The molecule has 0 aromatic heterocycles. The second-order valence-corrected chi connectivity index (χ2v) is 6.36. The molecular formula is C18H24Cl3N3. The second-order valence-electron chi connectivity index (χ2n) is 5.93. The molecule has 1 aliphatic heterocycles. The van der Waals surface area contributed by atoms with Gasteiger partial charge in [0.15, 0.2) is 0 Å². The van der Waals surface area contributed by atoms with E-state index in [2.05, 4.69) is 34.1 Å². The summed E-state index contributed by atoms with van der Waals surface area (Å²) in [5.74, 6) is 0. The molecule has 0 atom stereocenters. The topological polar surface area (TPSA) is 32.5 Å². The summed E-state index contributed by atoms with van der Waals surface area (Å²) < 4.78 is 0. The molecule has 6 heteroatoms. The Morgan fingerprint density at radius 2 is 1.29 bits per heavy atom. The number of hydrogen-bond donors (Lipinski definition) is 1. The van der Waals surface area contributed by atoms with Crippen LogP contribution in [0.2, 0.25) is 5.02 Å². The first-order valence-corrected chi connectivity index (χ1v) is 8.10. The lowest BCUT2D eigenvalue weighted by Crippen LogP contribution is -2.45. The van der Waals surface area contributed by atoms with Crippen molar-refractivity contribution in [3.05, 3.63) is 64.7 Å². The number of piperazine rings is 1. The first-order chi connectivity index (χ1) is 10.7. The van der Waals surface area contributed by atoms with Crippen molar-refractivity contribution >= 4 is 42.1 Å². The molecule has 0 aliphatic carbocycles. The lowest BCUT2D eigenvalue weighted by molar-refractivity contribution is 0.122. The van der Waals surface area contributed by atoms with E-state index in [9.17, 15) is 0 Å². The number of rotatable bonds is 4. The van der Waals surface area contributed by atoms with Crippen molar-refractivity contribution in [2.75, 3.05) is 31.9 Å². The Kier molecular flexibility index (Phi) is 8.88. The van der Waals surface area contributed by atoms with Crippen LogP contribution >= 0.6 is 36.4 Å². The molecule has 0 radical (unpaired) electrons. The average Bonchev–Trinajstić information content (AvgIpc) is 2.49. The fraction of sp³-hybridized carbons (Fsp3) is 0.333. The third-order valence-electron chi connectivity index (χ3n) is 4.12. The van der Waals surface area contributed by atoms with E-state index >= 15 is 0 Å². The third-order valence-corrected chi connectivity index (χ3v) is 4.35. The van der Waals surface area contributed by atoms with Crippen LogP contribution in [0.25, 0.3) is 0 Å². The molecular weight excluding hydrogens is 365 g/mol. The van der Waals surface area contributed by atoms with Crippen LogP contribution in [0.15, 0.2) is 48.5 Å². The number of nitrogen functional groups attached to an aromatic ring is 1. The zero-order chi connectivity index (χ0) is 15.4. The van der Waals surface area contributed by atoms with E-state index in [4.69, 9.17) is 17.3 Å². The van der Waals surface area contributed by atoms with Gasteiger partial charge in [-0.2, -0.15) is 0 Å². The highest BCUT2D eigenvalue weighted by Gasteiger charge is 2.17. The molecule has 0 saturated carbocycles. The summed E-state index contributed by atoms with van der Waals surface area (Å²) in [5, 5.41) is 0.817. The minimum Gasteiger partial charge on any atom is -0.399 e. The lowest BCUT2D eigenvalue weighted by atomic mass is 10.1. The summed E-state index contributed by atoms with van der Waals surface area (Å²) in [7, 11) is 0. The molecule has 0 unspecified atom stereocenters. The van der Waals surface area contributed by atoms with Crippen molar-refractivity contribution in [3.8, 4) is 0 Å². The molecule has 3 nitrogen and oxygen atoms in total. The summed E-state index contributed by atoms with van der Waals surface area (Å²) in [6.45, 7) is 6.33. The molecule has 24 heavy (non-hydrogen) atoms. The van der Waals surface area contributed by atoms with E-state index in [-0.39, 0.29) is 24.8 Å². The van der Waals surface area contributed by atoms with Gasteiger partial charge in [0.1, 0.15) is 0 Å². The van der Waals surface area contributed by atoms with Crippen molar-refractivity contribution in [2.24, 2.45) is 0 Å². The highest BCUT2D eigenvalue weighted by atomic mass is 35.5. The van der Waals surface area contributed by atoms with Crippen molar-refractivity contribution in [3.63, 3.8) is 0 Å². The van der Waals surface area contributed by atoms with Crippen molar-refractivity contribution < 1.29 is 0 Å². The van der Waals surface area contributed by atoms with Gasteiger partial charge in [-0.25, -0.2) is 0 Å². The number of hydrogen-bond acceptors (Lipinski definition) is 3. The van der Waals surface area contributed by atoms with Crippen LogP contribution < -0.4 is 5.73 Å². The largest absolute Gasteiger partial charge is 0.399 e. The number of anilines is 1. The van der Waals surface area contributed by atoms with Crippen molar-refractivity contribution in [2.45, 2.75) is 13.1 Å². The molecule has 1 heterocycles. The first kappa shape index (κ1) is 21.1. The third kappa shape index (κ3) is 6.15. The Hall–Kier alpha value is -0.970. The molecule has 3 rings (SSSR count). The van der Waals surface area contributed by atoms with Gasteiger partial charge in [0.05, 0.1) is 0 Å². The zero-order valence-electron chi connectivity index (χ0n) is 13.5. The summed E-state index contributed by atoms with van der Waals surface area (Å²) in [6, 6.07) is 16.3. The number of benzene rings is 2. The Morgan fingerprint density at radius 1 is 0.792 bits per heavy atom. The number of halogens is 3. The van der Waals surface area contributed by atoms with E-state index in [0.717, 1.165) is 50.0 Å². The van der Waals surface area contributed by atoms with Crippen LogP contribution in [0.4, 0.5) is 5.69 Å². The van der Waals surface area contributed by atoms with Crippen LogP contribution in [0.5, 0.6) is 0 Å². The van der Waals surface area contributed by atoms with Crippen LogP contribution in [0.1, 0.15) is 11.1 Å². The Bertz CT molecular complexity index is 573. The molecule has 0 bridgehead atoms. The summed E-state index contributed by atoms with van der Waals surface area (Å²) >= 11 is 6.05. The van der Waals surface area contributed by atoms with E-state index in [1.807, 2.05) is 24.3 Å².